The molecule has 2 amide bonds. The van der Waals surface area contributed by atoms with E-state index in [0.717, 1.165) is 5.75 Å². The Bertz CT molecular complexity index is 691. The number of carbonyl (C=O) groups is 1. The molecule has 2 aromatic carbocycles. The normalized spacial score (nSPS) is 9.92. The highest BCUT2D eigenvalue weighted by Gasteiger charge is 2.14. The standard InChI is InChI=1S/C18H22N2O5/c1-5-25-14-8-6-12(7-9-14)19-18(21)20-13-10-15(22-2)17(24-4)16(11-13)23-3/h6-11H,5H2,1-4H3,(H2,19,20,21). The van der Waals surface area contributed by atoms with Crippen molar-refractivity contribution in [2.45, 2.75) is 6.92 Å². The van der Waals surface area contributed by atoms with Crippen LogP contribution in [0.1, 0.15) is 6.92 Å². The van der Waals surface area contributed by atoms with Gasteiger partial charge in [0.15, 0.2) is 11.5 Å². The Labute approximate surface area is 146 Å². The fourth-order valence-corrected chi connectivity index (χ4v) is 2.25. The van der Waals surface area contributed by atoms with Gasteiger partial charge in [0.1, 0.15) is 5.75 Å². The molecule has 0 spiro atoms. The van der Waals surface area contributed by atoms with Crippen LogP contribution in [-0.4, -0.2) is 34.0 Å². The lowest BCUT2D eigenvalue weighted by molar-refractivity contribution is 0.262. The van der Waals surface area contributed by atoms with Crippen molar-refractivity contribution in [3.63, 3.8) is 0 Å². The number of ether oxygens (including phenoxy) is 4. The molecule has 25 heavy (non-hydrogen) atoms. The van der Waals surface area contributed by atoms with Gasteiger partial charge in [0.05, 0.1) is 33.6 Å². The third kappa shape index (κ3) is 4.69. The maximum Gasteiger partial charge on any atom is 0.323 e. The molecule has 0 saturated heterocycles. The molecular formula is C18H22N2O5. The summed E-state index contributed by atoms with van der Waals surface area (Å²) in [5.41, 5.74) is 1.16. The number of hydrogen-bond donors (Lipinski definition) is 2. The number of hydrogen-bond acceptors (Lipinski definition) is 5. The van der Waals surface area contributed by atoms with Gasteiger partial charge >= 0.3 is 6.03 Å². The number of carbonyl (C=O) groups excluding carboxylic acids is 1. The lowest BCUT2D eigenvalue weighted by Crippen LogP contribution is -2.19. The maximum atomic E-state index is 12.2. The number of methoxy groups -OCH3 is 3. The number of benzene rings is 2. The van der Waals surface area contributed by atoms with Gasteiger partial charge in [-0.25, -0.2) is 4.79 Å². The summed E-state index contributed by atoms with van der Waals surface area (Å²) in [6.45, 7) is 2.51. The van der Waals surface area contributed by atoms with Crippen molar-refractivity contribution in [3.05, 3.63) is 36.4 Å². The van der Waals surface area contributed by atoms with E-state index in [4.69, 9.17) is 18.9 Å². The van der Waals surface area contributed by atoms with Crippen LogP contribution in [0.4, 0.5) is 16.2 Å². The zero-order valence-corrected chi connectivity index (χ0v) is 14.7. The van der Waals surface area contributed by atoms with Gasteiger partial charge in [0, 0.05) is 17.8 Å². The molecule has 0 radical (unpaired) electrons. The molecule has 7 nitrogen and oxygen atoms in total. The van der Waals surface area contributed by atoms with Crippen molar-refractivity contribution in [2.24, 2.45) is 0 Å². The minimum absolute atomic E-state index is 0.390. The monoisotopic (exact) mass is 346 g/mol. The topological polar surface area (TPSA) is 78.1 Å². The second-order valence-corrected chi connectivity index (χ2v) is 4.95. The Balaban J connectivity index is 2.09. The summed E-state index contributed by atoms with van der Waals surface area (Å²) in [5, 5.41) is 5.48. The van der Waals surface area contributed by atoms with Crippen LogP contribution in [0.5, 0.6) is 23.0 Å². The van der Waals surface area contributed by atoms with E-state index in [1.807, 2.05) is 6.92 Å². The van der Waals surface area contributed by atoms with E-state index in [0.29, 0.717) is 35.2 Å². The first-order valence-corrected chi connectivity index (χ1v) is 7.72. The predicted molar refractivity (Wildman–Crippen MR) is 96.4 cm³/mol. The van der Waals surface area contributed by atoms with Crippen LogP contribution in [0.2, 0.25) is 0 Å². The summed E-state index contributed by atoms with van der Waals surface area (Å²) in [6, 6.07) is 10.0. The number of rotatable bonds is 7. The van der Waals surface area contributed by atoms with E-state index < -0.39 is 6.03 Å². The van der Waals surface area contributed by atoms with Crippen molar-refractivity contribution in [2.75, 3.05) is 38.6 Å². The molecule has 134 valence electrons. The average Bonchev–Trinajstić information content (AvgIpc) is 2.62. The lowest BCUT2D eigenvalue weighted by Gasteiger charge is -2.15. The van der Waals surface area contributed by atoms with E-state index in [2.05, 4.69) is 10.6 Å². The molecule has 0 unspecified atom stereocenters. The van der Waals surface area contributed by atoms with Crippen molar-refractivity contribution >= 4 is 17.4 Å². The SMILES string of the molecule is CCOc1ccc(NC(=O)Nc2cc(OC)c(OC)c(OC)c2)cc1. The van der Waals surface area contributed by atoms with Crippen LogP contribution in [-0.2, 0) is 0 Å². The molecule has 0 bridgehead atoms. The average molecular weight is 346 g/mol. The Kier molecular flexibility index (Phi) is 6.33. The van der Waals surface area contributed by atoms with Gasteiger partial charge in [-0.2, -0.15) is 0 Å². The first-order valence-electron chi connectivity index (χ1n) is 7.72. The number of anilines is 2. The van der Waals surface area contributed by atoms with E-state index in [1.165, 1.54) is 21.3 Å². The number of amides is 2. The van der Waals surface area contributed by atoms with Crippen molar-refractivity contribution in [1.29, 1.82) is 0 Å². The van der Waals surface area contributed by atoms with Crippen LogP contribution in [0.15, 0.2) is 36.4 Å². The summed E-state index contributed by atoms with van der Waals surface area (Å²) < 4.78 is 21.2. The van der Waals surface area contributed by atoms with Crippen molar-refractivity contribution < 1.29 is 23.7 Å². The molecule has 0 atom stereocenters. The van der Waals surface area contributed by atoms with E-state index in [-0.39, 0.29) is 0 Å². The third-order valence-electron chi connectivity index (χ3n) is 3.35. The zero-order valence-electron chi connectivity index (χ0n) is 14.7. The van der Waals surface area contributed by atoms with Gasteiger partial charge < -0.3 is 29.6 Å². The fraction of sp³-hybridized carbons (Fsp3) is 0.278. The third-order valence-corrected chi connectivity index (χ3v) is 3.35. The Hall–Kier alpha value is -3.09. The Morgan fingerprint density at radius 3 is 1.92 bits per heavy atom. The summed E-state index contributed by atoms with van der Waals surface area (Å²) in [5.74, 6) is 2.12. The summed E-state index contributed by atoms with van der Waals surface area (Å²) in [4.78, 5) is 12.2. The van der Waals surface area contributed by atoms with Gasteiger partial charge in [0.2, 0.25) is 5.75 Å². The van der Waals surface area contributed by atoms with E-state index >= 15 is 0 Å². The van der Waals surface area contributed by atoms with Gasteiger partial charge in [-0.3, -0.25) is 0 Å². The van der Waals surface area contributed by atoms with E-state index in [1.54, 1.807) is 36.4 Å². The predicted octanol–water partition coefficient (Wildman–Crippen LogP) is 3.76. The van der Waals surface area contributed by atoms with Gasteiger partial charge in [-0.1, -0.05) is 0 Å². The highest BCUT2D eigenvalue weighted by molar-refractivity contribution is 6.00. The summed E-state index contributed by atoms with van der Waals surface area (Å²) >= 11 is 0. The second kappa shape index (κ2) is 8.68. The summed E-state index contributed by atoms with van der Waals surface area (Å²) in [6.07, 6.45) is 0. The van der Waals surface area contributed by atoms with Crippen LogP contribution in [0.3, 0.4) is 0 Å². The number of urea groups is 1. The first kappa shape index (κ1) is 18.3. The molecule has 0 fully saturated rings. The summed E-state index contributed by atoms with van der Waals surface area (Å²) in [7, 11) is 4.55. The second-order valence-electron chi connectivity index (χ2n) is 4.95. The Morgan fingerprint density at radius 2 is 1.44 bits per heavy atom. The molecule has 0 aliphatic rings. The van der Waals surface area contributed by atoms with Gasteiger partial charge in [0.25, 0.3) is 0 Å². The van der Waals surface area contributed by atoms with Gasteiger partial charge in [-0.15, -0.1) is 0 Å². The molecule has 0 saturated carbocycles. The molecule has 2 rings (SSSR count). The molecular weight excluding hydrogens is 324 g/mol. The van der Waals surface area contributed by atoms with Crippen LogP contribution >= 0.6 is 0 Å². The van der Waals surface area contributed by atoms with Gasteiger partial charge in [-0.05, 0) is 31.2 Å². The van der Waals surface area contributed by atoms with Crippen LogP contribution in [0.25, 0.3) is 0 Å². The van der Waals surface area contributed by atoms with E-state index in [9.17, 15) is 4.79 Å². The van der Waals surface area contributed by atoms with Crippen molar-refractivity contribution in [3.8, 4) is 23.0 Å². The smallest absolute Gasteiger partial charge is 0.323 e. The molecule has 0 aliphatic heterocycles. The molecule has 2 aromatic rings. The molecule has 7 heteroatoms. The van der Waals surface area contributed by atoms with Crippen molar-refractivity contribution in [1.82, 2.24) is 0 Å². The first-order chi connectivity index (χ1) is 12.1. The fourth-order valence-electron chi connectivity index (χ4n) is 2.25. The van der Waals surface area contributed by atoms with Crippen LogP contribution < -0.4 is 29.6 Å². The molecule has 0 aliphatic carbocycles. The highest BCUT2D eigenvalue weighted by Crippen LogP contribution is 2.39. The molecule has 0 aromatic heterocycles. The zero-order chi connectivity index (χ0) is 18.2. The lowest BCUT2D eigenvalue weighted by atomic mass is 10.2. The molecule has 0 heterocycles. The molecule has 2 N–H and O–H groups in total. The maximum absolute atomic E-state index is 12.2. The highest BCUT2D eigenvalue weighted by atomic mass is 16.5. The quantitative estimate of drug-likeness (QED) is 0.798. The van der Waals surface area contributed by atoms with Crippen LogP contribution in [0, 0.1) is 0 Å². The largest absolute Gasteiger partial charge is 0.494 e. The minimum atomic E-state index is -0.390. The Morgan fingerprint density at radius 1 is 0.880 bits per heavy atom. The number of nitrogens with one attached hydrogen (secondary N) is 2. The minimum Gasteiger partial charge on any atom is -0.494 e.